The van der Waals surface area contributed by atoms with Gasteiger partial charge in [0.2, 0.25) is 21.7 Å². The Kier molecular flexibility index (Phi) is 8.89. The van der Waals surface area contributed by atoms with Crippen molar-refractivity contribution in [3.8, 4) is 17.2 Å². The Morgan fingerprint density at radius 2 is 1.77 bits per heavy atom. The van der Waals surface area contributed by atoms with Gasteiger partial charge >= 0.3 is 0 Å². The minimum Gasteiger partial charge on any atom is -0.493 e. The van der Waals surface area contributed by atoms with E-state index >= 15 is 0 Å². The third-order valence-electron chi connectivity index (χ3n) is 4.38. The predicted molar refractivity (Wildman–Crippen MR) is 120 cm³/mol. The van der Waals surface area contributed by atoms with Gasteiger partial charge in [-0.25, -0.2) is 13.1 Å². The molecule has 0 aromatic heterocycles. The summed E-state index contributed by atoms with van der Waals surface area (Å²) in [5, 5.41) is 2.67. The number of hydrogen-bond donors (Lipinski definition) is 2. The van der Waals surface area contributed by atoms with Crippen LogP contribution in [0.1, 0.15) is 25.3 Å². The Morgan fingerprint density at radius 3 is 2.42 bits per heavy atom. The van der Waals surface area contributed by atoms with Crippen LogP contribution < -0.4 is 24.2 Å². The summed E-state index contributed by atoms with van der Waals surface area (Å²) >= 11 is 0. The molecule has 0 fully saturated rings. The van der Waals surface area contributed by atoms with E-state index in [1.54, 1.807) is 30.3 Å². The molecule has 8 nitrogen and oxygen atoms in total. The van der Waals surface area contributed by atoms with Gasteiger partial charge in [0.05, 0.1) is 26.2 Å². The molecule has 0 atom stereocenters. The molecule has 31 heavy (non-hydrogen) atoms. The van der Waals surface area contributed by atoms with Gasteiger partial charge in [0, 0.05) is 23.9 Å². The van der Waals surface area contributed by atoms with E-state index < -0.39 is 15.9 Å². The second-order valence-electron chi connectivity index (χ2n) is 6.53. The van der Waals surface area contributed by atoms with Crippen molar-refractivity contribution in [3.05, 3.63) is 48.0 Å². The van der Waals surface area contributed by atoms with Gasteiger partial charge < -0.3 is 19.5 Å². The zero-order valence-electron chi connectivity index (χ0n) is 18.1. The highest BCUT2D eigenvalue weighted by Crippen LogP contribution is 2.40. The Labute approximate surface area is 183 Å². The fourth-order valence-corrected chi connectivity index (χ4v) is 3.93. The molecule has 2 aromatic carbocycles. The van der Waals surface area contributed by atoms with Crippen molar-refractivity contribution in [1.29, 1.82) is 0 Å². The minimum absolute atomic E-state index is 0.0898. The number of sulfonamides is 1. The van der Waals surface area contributed by atoms with Crippen LogP contribution in [-0.4, -0.2) is 42.2 Å². The van der Waals surface area contributed by atoms with E-state index in [-0.39, 0.29) is 4.90 Å². The maximum Gasteiger partial charge on any atom is 0.248 e. The van der Waals surface area contributed by atoms with Crippen LogP contribution in [0, 0.1) is 0 Å². The van der Waals surface area contributed by atoms with Gasteiger partial charge in [0.15, 0.2) is 11.5 Å². The quantitative estimate of drug-likeness (QED) is 0.403. The smallest absolute Gasteiger partial charge is 0.248 e. The fourth-order valence-electron chi connectivity index (χ4n) is 2.81. The molecule has 9 heteroatoms. The molecule has 0 heterocycles. The van der Waals surface area contributed by atoms with E-state index in [0.717, 1.165) is 12.8 Å². The summed E-state index contributed by atoms with van der Waals surface area (Å²) in [5.74, 6) is 0.926. The molecule has 0 radical (unpaired) electrons. The molecule has 0 bridgehead atoms. The standard InChI is InChI=1S/C22H28N2O6S/c1-5-6-14-23-31(26,27)18-9-7-8-17(15-18)24-20(25)13-11-16-10-12-19(28-2)22(30-4)21(16)29-3/h7-13,15,23H,5-6,14H2,1-4H3,(H,24,25)/b13-11+. The molecule has 168 valence electrons. The molecule has 2 rings (SSSR count). The lowest BCUT2D eigenvalue weighted by Crippen LogP contribution is -2.24. The number of methoxy groups -OCH3 is 3. The number of anilines is 1. The third kappa shape index (κ3) is 6.47. The monoisotopic (exact) mass is 448 g/mol. The van der Waals surface area contributed by atoms with Crippen LogP contribution in [0.4, 0.5) is 5.69 Å². The van der Waals surface area contributed by atoms with E-state index in [1.807, 2.05) is 6.92 Å². The van der Waals surface area contributed by atoms with Gasteiger partial charge in [-0.05, 0) is 42.8 Å². The normalized spacial score (nSPS) is 11.4. The van der Waals surface area contributed by atoms with E-state index in [0.29, 0.717) is 35.0 Å². The molecule has 0 saturated heterocycles. The van der Waals surface area contributed by atoms with Crippen molar-refractivity contribution >= 4 is 27.7 Å². The number of unbranched alkanes of at least 4 members (excludes halogenated alkanes) is 1. The molecule has 2 N–H and O–H groups in total. The number of carbonyl (C=O) groups is 1. The fraction of sp³-hybridized carbons (Fsp3) is 0.318. The first-order chi connectivity index (χ1) is 14.9. The number of ether oxygens (including phenoxy) is 3. The number of nitrogens with one attached hydrogen (secondary N) is 2. The van der Waals surface area contributed by atoms with Gasteiger partial charge in [0.25, 0.3) is 0 Å². The lowest BCUT2D eigenvalue weighted by molar-refractivity contribution is -0.111. The highest BCUT2D eigenvalue weighted by Gasteiger charge is 2.15. The van der Waals surface area contributed by atoms with Crippen LogP contribution in [-0.2, 0) is 14.8 Å². The first-order valence-corrected chi connectivity index (χ1v) is 11.2. The second-order valence-corrected chi connectivity index (χ2v) is 8.29. The van der Waals surface area contributed by atoms with Gasteiger partial charge in [-0.3, -0.25) is 4.79 Å². The van der Waals surface area contributed by atoms with Crippen molar-refractivity contribution in [2.24, 2.45) is 0 Å². The molecule has 0 aliphatic carbocycles. The summed E-state index contributed by atoms with van der Waals surface area (Å²) in [7, 11) is 0.885. The third-order valence-corrected chi connectivity index (χ3v) is 5.84. The zero-order valence-corrected chi connectivity index (χ0v) is 18.9. The first-order valence-electron chi connectivity index (χ1n) is 9.74. The van der Waals surface area contributed by atoms with Gasteiger partial charge in [0.1, 0.15) is 0 Å². The maximum absolute atomic E-state index is 12.4. The summed E-state index contributed by atoms with van der Waals surface area (Å²) in [6.07, 6.45) is 4.53. The molecule has 2 aromatic rings. The van der Waals surface area contributed by atoms with Crippen molar-refractivity contribution < 1.29 is 27.4 Å². The molecule has 0 saturated carbocycles. The van der Waals surface area contributed by atoms with Crippen LogP contribution in [0.15, 0.2) is 47.4 Å². The lowest BCUT2D eigenvalue weighted by atomic mass is 10.1. The summed E-state index contributed by atoms with van der Waals surface area (Å²) < 4.78 is 43.2. The largest absolute Gasteiger partial charge is 0.493 e. The minimum atomic E-state index is -3.63. The summed E-state index contributed by atoms with van der Waals surface area (Å²) in [6, 6.07) is 9.53. The Bertz CT molecular complexity index is 1030. The summed E-state index contributed by atoms with van der Waals surface area (Å²) in [5.41, 5.74) is 0.985. The van der Waals surface area contributed by atoms with Gasteiger partial charge in [-0.2, -0.15) is 0 Å². The second kappa shape index (κ2) is 11.4. The van der Waals surface area contributed by atoms with Gasteiger partial charge in [-0.15, -0.1) is 0 Å². The number of rotatable bonds is 11. The number of hydrogen-bond acceptors (Lipinski definition) is 6. The van der Waals surface area contributed by atoms with Crippen LogP contribution in [0.2, 0.25) is 0 Å². The van der Waals surface area contributed by atoms with Gasteiger partial charge in [-0.1, -0.05) is 19.4 Å². The molecule has 0 spiro atoms. The number of benzene rings is 2. The van der Waals surface area contributed by atoms with Crippen LogP contribution in [0.3, 0.4) is 0 Å². The average molecular weight is 449 g/mol. The first kappa shape index (κ1) is 24.2. The van der Waals surface area contributed by atoms with Crippen LogP contribution >= 0.6 is 0 Å². The van der Waals surface area contributed by atoms with E-state index in [1.165, 1.54) is 39.5 Å². The van der Waals surface area contributed by atoms with E-state index in [2.05, 4.69) is 10.0 Å². The van der Waals surface area contributed by atoms with Crippen molar-refractivity contribution in [2.75, 3.05) is 33.2 Å². The molecular weight excluding hydrogens is 420 g/mol. The zero-order chi connectivity index (χ0) is 22.9. The van der Waals surface area contributed by atoms with Crippen LogP contribution in [0.5, 0.6) is 17.2 Å². The highest BCUT2D eigenvalue weighted by molar-refractivity contribution is 7.89. The molecule has 0 unspecified atom stereocenters. The maximum atomic E-state index is 12.4. The summed E-state index contributed by atoms with van der Waals surface area (Å²) in [4.78, 5) is 12.5. The predicted octanol–water partition coefficient (Wildman–Crippen LogP) is 3.44. The van der Waals surface area contributed by atoms with Crippen LogP contribution in [0.25, 0.3) is 6.08 Å². The SMILES string of the molecule is CCCCNS(=O)(=O)c1cccc(NC(=O)/C=C/c2ccc(OC)c(OC)c2OC)c1. The van der Waals surface area contributed by atoms with Crippen molar-refractivity contribution in [1.82, 2.24) is 4.72 Å². The van der Waals surface area contributed by atoms with E-state index in [4.69, 9.17) is 14.2 Å². The summed E-state index contributed by atoms with van der Waals surface area (Å²) in [6.45, 7) is 2.35. The number of carbonyl (C=O) groups excluding carboxylic acids is 1. The lowest BCUT2D eigenvalue weighted by Gasteiger charge is -2.14. The number of amides is 1. The molecule has 0 aliphatic rings. The molecule has 0 aliphatic heterocycles. The Morgan fingerprint density at radius 1 is 1.03 bits per heavy atom. The topological polar surface area (TPSA) is 103 Å². The Hall–Kier alpha value is -3.04. The molecular formula is C22H28N2O6S. The Balaban J connectivity index is 2.16. The van der Waals surface area contributed by atoms with E-state index in [9.17, 15) is 13.2 Å². The average Bonchev–Trinajstić information content (AvgIpc) is 2.77. The molecule has 1 amide bonds. The van der Waals surface area contributed by atoms with Crippen molar-refractivity contribution in [2.45, 2.75) is 24.7 Å². The van der Waals surface area contributed by atoms with Crippen molar-refractivity contribution in [3.63, 3.8) is 0 Å². The highest BCUT2D eigenvalue weighted by atomic mass is 32.2.